The first-order valence-corrected chi connectivity index (χ1v) is 5.78. The molecule has 13 heteroatoms. The maximum absolute atomic E-state index is 13.8. The van der Waals surface area contributed by atoms with Crippen molar-refractivity contribution >= 4 is 0 Å². The fraction of sp³-hybridized carbons (Fsp3) is 0.500. The van der Waals surface area contributed by atoms with Gasteiger partial charge in [-0.05, 0) is 11.6 Å². The SMILES string of the molecule is FC(F)(F)C(F)(F)C(F)(F)C(c1[c]cccc1)(C(F)(F)F)C(F)(F)F. The van der Waals surface area contributed by atoms with Gasteiger partial charge in [-0.2, -0.15) is 57.1 Å². The maximum atomic E-state index is 13.8. The highest BCUT2D eigenvalue weighted by Crippen LogP contribution is 2.65. The summed E-state index contributed by atoms with van der Waals surface area (Å²) in [5.74, 6) is -15.3. The average Bonchev–Trinajstić information content (AvgIpc) is 2.35. The maximum Gasteiger partial charge on any atom is 0.459 e. The minimum atomic E-state index is -7.67. The van der Waals surface area contributed by atoms with Gasteiger partial charge in [0, 0.05) is 0 Å². The minimum absolute atomic E-state index is 0.226. The lowest BCUT2D eigenvalue weighted by molar-refractivity contribution is -0.432. The van der Waals surface area contributed by atoms with Crippen molar-refractivity contribution in [1.82, 2.24) is 0 Å². The molecule has 1 aromatic rings. The zero-order valence-electron chi connectivity index (χ0n) is 11.2. The number of rotatable bonds is 3. The van der Waals surface area contributed by atoms with Crippen LogP contribution in [0.2, 0.25) is 0 Å². The van der Waals surface area contributed by atoms with Crippen LogP contribution in [0.4, 0.5) is 57.1 Å². The predicted molar refractivity (Wildman–Crippen MR) is 55.0 cm³/mol. The van der Waals surface area contributed by atoms with Gasteiger partial charge in [0.1, 0.15) is 0 Å². The van der Waals surface area contributed by atoms with E-state index in [1.54, 1.807) is 0 Å². The highest BCUT2D eigenvalue weighted by molar-refractivity contribution is 5.35. The molecule has 1 aromatic carbocycles. The Kier molecular flexibility index (Phi) is 4.83. The Balaban J connectivity index is 4.05. The first kappa shape index (κ1) is 21.4. The van der Waals surface area contributed by atoms with Gasteiger partial charge < -0.3 is 0 Å². The highest BCUT2D eigenvalue weighted by atomic mass is 19.4. The zero-order chi connectivity index (χ0) is 20.1. The quantitative estimate of drug-likeness (QED) is 0.578. The highest BCUT2D eigenvalue weighted by Gasteiger charge is 2.92. The van der Waals surface area contributed by atoms with Crippen LogP contribution in [-0.2, 0) is 5.41 Å². The molecule has 0 aromatic heterocycles. The summed E-state index contributed by atoms with van der Waals surface area (Å²) in [6.45, 7) is 0. The molecule has 0 saturated carbocycles. The van der Waals surface area contributed by atoms with E-state index in [1.165, 1.54) is 0 Å². The van der Waals surface area contributed by atoms with E-state index in [4.69, 9.17) is 0 Å². The molecule has 0 N–H and O–H groups in total. The van der Waals surface area contributed by atoms with Crippen LogP contribution in [0.3, 0.4) is 0 Å². The van der Waals surface area contributed by atoms with Crippen molar-refractivity contribution < 1.29 is 57.1 Å². The molecule has 0 aliphatic carbocycles. The number of alkyl halides is 13. The van der Waals surface area contributed by atoms with Gasteiger partial charge in [-0.3, -0.25) is 0 Å². The topological polar surface area (TPSA) is 0 Å². The summed E-state index contributed by atoms with van der Waals surface area (Å²) in [5, 5.41) is 0. The molecule has 0 bridgehead atoms. The lowest BCUT2D eigenvalue weighted by atomic mass is 9.70. The normalized spacial score (nSPS) is 15.4. The molecule has 25 heavy (non-hydrogen) atoms. The van der Waals surface area contributed by atoms with Gasteiger partial charge in [0.15, 0.2) is 0 Å². The van der Waals surface area contributed by atoms with Crippen LogP contribution < -0.4 is 0 Å². The van der Waals surface area contributed by atoms with Crippen molar-refractivity contribution in [3.8, 4) is 0 Å². The molecule has 0 aliphatic heterocycles. The van der Waals surface area contributed by atoms with Crippen LogP contribution in [0.15, 0.2) is 24.3 Å². The van der Waals surface area contributed by atoms with Crippen LogP contribution in [-0.4, -0.2) is 30.4 Å². The van der Waals surface area contributed by atoms with Gasteiger partial charge in [0.2, 0.25) is 0 Å². The van der Waals surface area contributed by atoms with Crippen LogP contribution >= 0.6 is 0 Å². The Morgan fingerprint density at radius 1 is 0.560 bits per heavy atom. The number of hydrogen-bond donors (Lipinski definition) is 0. The lowest BCUT2D eigenvalue weighted by Crippen LogP contribution is -2.72. The molecule has 143 valence electrons. The third-order valence-electron chi connectivity index (χ3n) is 3.18. The third kappa shape index (κ3) is 2.80. The molecule has 0 nitrogen and oxygen atoms in total. The first-order valence-electron chi connectivity index (χ1n) is 5.78. The molecule has 0 saturated heterocycles. The van der Waals surface area contributed by atoms with Crippen molar-refractivity contribution in [3.05, 3.63) is 35.9 Å². The Bertz CT molecular complexity index is 576. The van der Waals surface area contributed by atoms with Gasteiger partial charge in [0.05, 0.1) is 0 Å². The molecular weight excluding hydrogens is 391 g/mol. The van der Waals surface area contributed by atoms with Crippen LogP contribution in [0, 0.1) is 6.07 Å². The molecule has 1 rings (SSSR count). The fourth-order valence-corrected chi connectivity index (χ4v) is 2.03. The Labute approximate surface area is 130 Å². The van der Waals surface area contributed by atoms with Gasteiger partial charge in [-0.25, -0.2) is 0 Å². The average molecular weight is 395 g/mol. The van der Waals surface area contributed by atoms with Crippen molar-refractivity contribution in [2.24, 2.45) is 0 Å². The summed E-state index contributed by atoms with van der Waals surface area (Å²) in [6.07, 6.45) is -21.9. The molecule has 0 unspecified atom stereocenters. The molecule has 0 aliphatic rings. The second-order valence-electron chi connectivity index (χ2n) is 4.67. The summed E-state index contributed by atoms with van der Waals surface area (Å²) in [4.78, 5) is 0. The van der Waals surface area contributed by atoms with Gasteiger partial charge in [-0.15, -0.1) is 0 Å². The smallest absolute Gasteiger partial charge is 0.198 e. The van der Waals surface area contributed by atoms with Gasteiger partial charge in [0.25, 0.3) is 5.41 Å². The molecule has 0 amide bonds. The van der Waals surface area contributed by atoms with Gasteiger partial charge >= 0.3 is 30.4 Å². The zero-order valence-corrected chi connectivity index (χ0v) is 11.2. The van der Waals surface area contributed by atoms with Crippen molar-refractivity contribution in [2.45, 2.75) is 35.8 Å². The summed E-state index contributed by atoms with van der Waals surface area (Å²) >= 11 is 0. The standard InChI is InChI=1S/C12H4F13/c13-8(14,9(15,16)12(23,24)25)7(10(17,18)19,11(20,21)22)6-4-2-1-3-5-6/h1-4H. The second kappa shape index (κ2) is 5.66. The number of halogens is 13. The van der Waals surface area contributed by atoms with E-state index in [0.717, 1.165) is 6.07 Å². The van der Waals surface area contributed by atoms with Crippen molar-refractivity contribution in [2.75, 3.05) is 0 Å². The Morgan fingerprint density at radius 2 is 1.00 bits per heavy atom. The summed E-state index contributed by atoms with van der Waals surface area (Å²) < 4.78 is 168. The van der Waals surface area contributed by atoms with Crippen molar-refractivity contribution in [3.63, 3.8) is 0 Å². The van der Waals surface area contributed by atoms with Crippen LogP contribution in [0.5, 0.6) is 0 Å². The third-order valence-corrected chi connectivity index (χ3v) is 3.18. The molecular formula is C12H4F13. The second-order valence-corrected chi connectivity index (χ2v) is 4.67. The van der Waals surface area contributed by atoms with E-state index in [9.17, 15) is 57.1 Å². The lowest BCUT2D eigenvalue weighted by Gasteiger charge is -2.45. The summed E-state index contributed by atoms with van der Waals surface area (Å²) in [5.41, 5.74) is -9.49. The van der Waals surface area contributed by atoms with E-state index < -0.39 is 41.4 Å². The fourth-order valence-electron chi connectivity index (χ4n) is 2.03. The summed E-state index contributed by atoms with van der Waals surface area (Å²) in [7, 11) is 0. The molecule has 0 atom stereocenters. The Morgan fingerprint density at radius 3 is 1.28 bits per heavy atom. The minimum Gasteiger partial charge on any atom is -0.198 e. The largest absolute Gasteiger partial charge is 0.459 e. The van der Waals surface area contributed by atoms with Crippen molar-refractivity contribution in [1.29, 1.82) is 0 Å². The molecule has 0 spiro atoms. The summed E-state index contributed by atoms with van der Waals surface area (Å²) in [6, 6.07) is 1.95. The van der Waals surface area contributed by atoms with Gasteiger partial charge in [-0.1, -0.05) is 24.3 Å². The van der Waals surface area contributed by atoms with E-state index in [2.05, 4.69) is 0 Å². The molecule has 0 fully saturated rings. The van der Waals surface area contributed by atoms with Crippen LogP contribution in [0.25, 0.3) is 0 Å². The molecule has 0 heterocycles. The number of hydrogen-bond acceptors (Lipinski definition) is 0. The van der Waals surface area contributed by atoms with E-state index >= 15 is 0 Å². The molecule has 1 radical (unpaired) electrons. The number of benzene rings is 1. The van der Waals surface area contributed by atoms with E-state index in [0.29, 0.717) is 12.1 Å². The van der Waals surface area contributed by atoms with Crippen LogP contribution in [0.1, 0.15) is 5.56 Å². The van der Waals surface area contributed by atoms with E-state index in [-0.39, 0.29) is 12.1 Å². The van der Waals surface area contributed by atoms with E-state index in [1.807, 2.05) is 0 Å². The Hall–Kier alpha value is -1.69. The first-order chi connectivity index (χ1) is 10.9. The monoisotopic (exact) mass is 395 g/mol. The predicted octanol–water partition coefficient (Wildman–Crippen LogP) is 5.68.